The third-order valence-electron chi connectivity index (χ3n) is 8.13. The summed E-state index contributed by atoms with van der Waals surface area (Å²) in [4.78, 5) is 15.9. The van der Waals surface area contributed by atoms with Crippen molar-refractivity contribution in [2.75, 3.05) is 22.9 Å². The van der Waals surface area contributed by atoms with E-state index in [4.69, 9.17) is 34.2 Å². The quantitative estimate of drug-likeness (QED) is 0.679. The molecule has 1 amide bonds. The molecule has 2 saturated carbocycles. The van der Waals surface area contributed by atoms with Gasteiger partial charge in [-0.3, -0.25) is 4.79 Å². The van der Waals surface area contributed by atoms with Crippen LogP contribution in [0.2, 0.25) is 10.0 Å². The lowest BCUT2D eigenvalue weighted by Gasteiger charge is -2.28. The second-order valence-electron chi connectivity index (χ2n) is 9.81. The second-order valence-corrected chi connectivity index (χ2v) is 10.7. The third-order valence-corrected chi connectivity index (χ3v) is 8.60. The molecule has 0 radical (unpaired) electrons. The number of piperidine rings is 2. The summed E-state index contributed by atoms with van der Waals surface area (Å²) in [5.74, 6) is 2.29. The van der Waals surface area contributed by atoms with E-state index < -0.39 is 0 Å². The lowest BCUT2D eigenvalue weighted by molar-refractivity contribution is -0.119. The van der Waals surface area contributed by atoms with Gasteiger partial charge >= 0.3 is 0 Å². The monoisotopic (exact) mass is 482 g/mol. The zero-order chi connectivity index (χ0) is 23.4. The van der Waals surface area contributed by atoms with Crippen LogP contribution in [0, 0.1) is 46.8 Å². The molecular formula is C26H28Cl2N4O. The fourth-order valence-corrected chi connectivity index (χ4v) is 6.73. The van der Waals surface area contributed by atoms with Crippen LogP contribution >= 0.6 is 23.2 Å². The van der Waals surface area contributed by atoms with Crippen LogP contribution in [0.3, 0.4) is 0 Å². The molecule has 2 unspecified atom stereocenters. The largest absolute Gasteiger partial charge is 0.369 e. The number of nitrogens with zero attached hydrogens (tertiary/aromatic N) is 3. The van der Waals surface area contributed by atoms with Crippen molar-refractivity contribution in [1.82, 2.24) is 0 Å². The van der Waals surface area contributed by atoms with Crippen molar-refractivity contribution in [3.8, 4) is 6.07 Å². The highest BCUT2D eigenvalue weighted by molar-refractivity contribution is 6.31. The van der Waals surface area contributed by atoms with Crippen molar-refractivity contribution in [3.63, 3.8) is 0 Å². The van der Waals surface area contributed by atoms with Gasteiger partial charge in [-0.1, -0.05) is 35.3 Å². The number of benzene rings is 2. The molecule has 172 valence electrons. The summed E-state index contributed by atoms with van der Waals surface area (Å²) in [7, 11) is 0. The van der Waals surface area contributed by atoms with Crippen molar-refractivity contribution < 1.29 is 4.79 Å². The second kappa shape index (κ2) is 8.42. The summed E-state index contributed by atoms with van der Waals surface area (Å²) >= 11 is 12.0. The predicted octanol–water partition coefficient (Wildman–Crippen LogP) is 4.83. The van der Waals surface area contributed by atoms with Gasteiger partial charge in [-0.25, -0.2) is 0 Å². The Kier molecular flexibility index (Phi) is 5.71. The van der Waals surface area contributed by atoms with Gasteiger partial charge in [0.05, 0.1) is 12.0 Å². The van der Waals surface area contributed by atoms with Crippen LogP contribution in [0.15, 0.2) is 48.5 Å². The lowest BCUT2D eigenvalue weighted by atomic mass is 10.1. The van der Waals surface area contributed by atoms with E-state index >= 15 is 0 Å². The SMILES string of the molecule is CC1[C@@H]2[C@H](CN1c1cccc(Cl)c1)[C@H]2C(N)=O.CC1[C@H]2[C@H](C#N)[C@H]2CN1c1cccc(Cl)c1. The predicted molar refractivity (Wildman–Crippen MR) is 132 cm³/mol. The van der Waals surface area contributed by atoms with Crippen molar-refractivity contribution in [3.05, 3.63) is 58.6 Å². The average molecular weight is 483 g/mol. The normalized spacial score (nSPS) is 35.1. The summed E-state index contributed by atoms with van der Waals surface area (Å²) in [5.41, 5.74) is 7.70. The maximum atomic E-state index is 11.2. The number of hydrogen-bond acceptors (Lipinski definition) is 4. The number of primary amides is 1. The van der Waals surface area contributed by atoms with Gasteiger partial charge in [0.25, 0.3) is 0 Å². The van der Waals surface area contributed by atoms with Crippen molar-refractivity contribution >= 4 is 40.5 Å². The number of hydrogen-bond donors (Lipinski definition) is 1. The first-order chi connectivity index (χ1) is 15.8. The summed E-state index contributed by atoms with van der Waals surface area (Å²) in [6.45, 7) is 6.29. The number of amides is 1. The standard InChI is InChI=1S/C13H15ClN2O.C13H13ClN2/c1-7-11-10(12(11)13(15)17)6-16(7)9-4-2-3-8(14)5-9;1-8-13-11(6-15)12(13)7-16(8)10-4-2-3-9(14)5-10/h2-5,7,10-12H,6H2,1H3,(H2,15,17);2-5,8,11-13H,7H2,1H3/t7?,10-,11+,12+;8?,11-,12-,13+/m01/s1. The molecule has 4 fully saturated rings. The van der Waals surface area contributed by atoms with E-state index in [0.29, 0.717) is 41.7 Å². The highest BCUT2D eigenvalue weighted by Gasteiger charge is 2.62. The van der Waals surface area contributed by atoms with Gasteiger partial charge in [0.2, 0.25) is 5.91 Å². The van der Waals surface area contributed by atoms with Gasteiger partial charge in [0.1, 0.15) is 0 Å². The van der Waals surface area contributed by atoms with E-state index in [9.17, 15) is 4.79 Å². The Bertz CT molecular complexity index is 1120. The van der Waals surface area contributed by atoms with Crippen LogP contribution < -0.4 is 15.5 Å². The van der Waals surface area contributed by atoms with E-state index in [1.54, 1.807) is 0 Å². The van der Waals surface area contributed by atoms with E-state index in [2.05, 4.69) is 41.8 Å². The van der Waals surface area contributed by atoms with Gasteiger partial charge in [-0.05, 0) is 68.0 Å². The fraction of sp³-hybridized carbons (Fsp3) is 0.462. The molecule has 2 aliphatic heterocycles. The number of rotatable bonds is 3. The first-order valence-corrected chi connectivity index (χ1v) is 12.3. The van der Waals surface area contributed by atoms with Crippen molar-refractivity contribution in [2.24, 2.45) is 41.2 Å². The molecule has 2 aliphatic carbocycles. The van der Waals surface area contributed by atoms with Gasteiger partial charge < -0.3 is 15.5 Å². The molecule has 2 heterocycles. The van der Waals surface area contributed by atoms with Gasteiger partial charge in [-0.15, -0.1) is 0 Å². The van der Waals surface area contributed by atoms with Crippen LogP contribution in [-0.4, -0.2) is 31.1 Å². The number of nitriles is 1. The molecule has 4 aliphatic rings. The molecule has 5 nitrogen and oxygen atoms in total. The first-order valence-electron chi connectivity index (χ1n) is 11.5. The van der Waals surface area contributed by atoms with Crippen LogP contribution in [0.4, 0.5) is 11.4 Å². The Labute approximate surface area is 205 Å². The van der Waals surface area contributed by atoms with E-state index in [-0.39, 0.29) is 11.8 Å². The summed E-state index contributed by atoms with van der Waals surface area (Å²) in [5, 5.41) is 10.5. The van der Waals surface area contributed by atoms with Crippen LogP contribution in [0.1, 0.15) is 13.8 Å². The fourth-order valence-electron chi connectivity index (χ4n) is 6.36. The van der Waals surface area contributed by atoms with Crippen LogP contribution in [0.5, 0.6) is 0 Å². The van der Waals surface area contributed by atoms with Crippen LogP contribution in [0.25, 0.3) is 0 Å². The molecule has 2 N–H and O–H groups in total. The van der Waals surface area contributed by atoms with Gasteiger partial charge in [-0.2, -0.15) is 5.26 Å². The number of halogens is 2. The molecule has 7 heteroatoms. The molecule has 2 aromatic carbocycles. The molecule has 33 heavy (non-hydrogen) atoms. The zero-order valence-corrected chi connectivity index (χ0v) is 20.2. The van der Waals surface area contributed by atoms with E-state index in [1.807, 2.05) is 36.4 Å². The van der Waals surface area contributed by atoms with E-state index in [0.717, 1.165) is 28.8 Å². The lowest BCUT2D eigenvalue weighted by Crippen LogP contribution is -2.34. The smallest absolute Gasteiger partial charge is 0.221 e. The molecule has 6 rings (SSSR count). The molecular weight excluding hydrogens is 455 g/mol. The first kappa shape index (κ1) is 22.4. The minimum absolute atomic E-state index is 0.0976. The molecule has 2 saturated heterocycles. The van der Waals surface area contributed by atoms with Gasteiger partial charge in [0, 0.05) is 58.4 Å². The molecule has 2 aromatic rings. The maximum Gasteiger partial charge on any atom is 0.221 e. The average Bonchev–Trinajstić information content (AvgIpc) is 3.62. The van der Waals surface area contributed by atoms with Crippen molar-refractivity contribution in [1.29, 1.82) is 5.26 Å². The highest BCUT2D eigenvalue weighted by atomic mass is 35.5. The minimum Gasteiger partial charge on any atom is -0.369 e. The van der Waals surface area contributed by atoms with Crippen molar-refractivity contribution in [2.45, 2.75) is 25.9 Å². The van der Waals surface area contributed by atoms with Crippen LogP contribution in [-0.2, 0) is 4.79 Å². The van der Waals surface area contributed by atoms with Gasteiger partial charge in [0.15, 0.2) is 0 Å². The third kappa shape index (κ3) is 3.94. The Balaban J connectivity index is 0.000000139. The summed E-state index contributed by atoms with van der Waals surface area (Å²) in [6, 6.07) is 19.1. The summed E-state index contributed by atoms with van der Waals surface area (Å²) in [6.07, 6.45) is 0. The summed E-state index contributed by atoms with van der Waals surface area (Å²) < 4.78 is 0. The zero-order valence-electron chi connectivity index (χ0n) is 18.7. The number of anilines is 2. The minimum atomic E-state index is -0.141. The maximum absolute atomic E-state index is 11.2. The Morgan fingerprint density at radius 2 is 1.45 bits per heavy atom. The molecule has 8 atom stereocenters. The number of nitrogens with two attached hydrogens (primary N) is 1. The number of carbonyl (C=O) groups excluding carboxylic acids is 1. The number of fused-ring (bicyclic) bond motifs is 2. The Morgan fingerprint density at radius 3 is 1.82 bits per heavy atom. The topological polar surface area (TPSA) is 73.4 Å². The molecule has 0 spiro atoms. The molecule has 0 aromatic heterocycles. The van der Waals surface area contributed by atoms with E-state index in [1.165, 1.54) is 5.69 Å². The molecule has 0 bridgehead atoms. The Hall–Kier alpha value is -2.42. The highest BCUT2D eigenvalue weighted by Crippen LogP contribution is 2.56. The Morgan fingerprint density at radius 1 is 0.939 bits per heavy atom. The number of carbonyl (C=O) groups is 1.